The molecule has 1 unspecified atom stereocenters. The van der Waals surface area contributed by atoms with E-state index in [1.54, 1.807) is 11.4 Å². The monoisotopic (exact) mass is 394 g/mol. The Balaban J connectivity index is 2.16. The molecule has 0 spiro atoms. The summed E-state index contributed by atoms with van der Waals surface area (Å²) in [6.45, 7) is 0.898. The molecule has 4 nitrogen and oxygen atoms in total. The van der Waals surface area contributed by atoms with Crippen LogP contribution in [0.4, 0.5) is 0 Å². The third-order valence-electron chi connectivity index (χ3n) is 3.79. The third kappa shape index (κ3) is 3.99. The van der Waals surface area contributed by atoms with Crippen LogP contribution in [0.1, 0.15) is 24.8 Å². The zero-order valence-electron chi connectivity index (χ0n) is 12.0. The van der Waals surface area contributed by atoms with Gasteiger partial charge in [0.05, 0.1) is 0 Å². The SMILES string of the molecule is CN(Cc1ccccc1Br)S(=O)(=O)N1CCCCC1CCl. The van der Waals surface area contributed by atoms with Crippen molar-refractivity contribution in [1.29, 1.82) is 0 Å². The molecule has 1 aliphatic rings. The van der Waals surface area contributed by atoms with Crippen molar-refractivity contribution in [3.05, 3.63) is 34.3 Å². The van der Waals surface area contributed by atoms with Gasteiger partial charge in [-0.3, -0.25) is 0 Å². The summed E-state index contributed by atoms with van der Waals surface area (Å²) in [4.78, 5) is 0. The fourth-order valence-electron chi connectivity index (χ4n) is 2.56. The van der Waals surface area contributed by atoms with E-state index in [1.807, 2.05) is 24.3 Å². The highest BCUT2D eigenvalue weighted by Crippen LogP contribution is 2.25. The zero-order chi connectivity index (χ0) is 15.5. The molecule has 7 heteroatoms. The van der Waals surface area contributed by atoms with Crippen molar-refractivity contribution in [2.24, 2.45) is 0 Å². The lowest BCUT2D eigenvalue weighted by Crippen LogP contribution is -2.50. The van der Waals surface area contributed by atoms with Crippen LogP contribution in [0.15, 0.2) is 28.7 Å². The molecular weight excluding hydrogens is 376 g/mol. The van der Waals surface area contributed by atoms with E-state index in [1.165, 1.54) is 4.31 Å². The van der Waals surface area contributed by atoms with Gasteiger partial charge in [0, 0.05) is 36.5 Å². The van der Waals surface area contributed by atoms with Crippen molar-refractivity contribution >= 4 is 37.7 Å². The number of hydrogen-bond acceptors (Lipinski definition) is 2. The number of halogens is 2. The molecule has 1 aromatic carbocycles. The first-order chi connectivity index (χ1) is 9.96. The van der Waals surface area contributed by atoms with Gasteiger partial charge in [-0.1, -0.05) is 40.5 Å². The summed E-state index contributed by atoms with van der Waals surface area (Å²) in [5.41, 5.74) is 0.947. The highest BCUT2D eigenvalue weighted by Gasteiger charge is 2.34. The van der Waals surface area contributed by atoms with Crippen molar-refractivity contribution in [2.45, 2.75) is 31.8 Å². The van der Waals surface area contributed by atoms with Crippen LogP contribution in [0.3, 0.4) is 0 Å². The van der Waals surface area contributed by atoms with Gasteiger partial charge in [0.1, 0.15) is 0 Å². The molecule has 118 valence electrons. The van der Waals surface area contributed by atoms with Crippen LogP contribution < -0.4 is 0 Å². The Hall–Kier alpha value is -0.140. The summed E-state index contributed by atoms with van der Waals surface area (Å²) < 4.78 is 29.4. The highest BCUT2D eigenvalue weighted by molar-refractivity contribution is 9.10. The molecule has 1 aromatic rings. The minimum Gasteiger partial charge on any atom is -0.195 e. The lowest BCUT2D eigenvalue weighted by molar-refractivity contribution is 0.251. The quantitative estimate of drug-likeness (QED) is 0.718. The van der Waals surface area contributed by atoms with E-state index in [4.69, 9.17) is 11.6 Å². The molecule has 1 saturated heterocycles. The summed E-state index contributed by atoms with van der Waals surface area (Å²) >= 11 is 9.40. The predicted molar refractivity (Wildman–Crippen MR) is 89.6 cm³/mol. The van der Waals surface area contributed by atoms with Crippen LogP contribution in [-0.4, -0.2) is 42.5 Å². The number of rotatable bonds is 5. The van der Waals surface area contributed by atoms with Gasteiger partial charge in [-0.25, -0.2) is 0 Å². The normalized spacial score (nSPS) is 20.9. The molecule has 0 amide bonds. The molecule has 1 atom stereocenters. The average molecular weight is 396 g/mol. The van der Waals surface area contributed by atoms with Gasteiger partial charge in [0.25, 0.3) is 10.2 Å². The topological polar surface area (TPSA) is 40.6 Å². The van der Waals surface area contributed by atoms with Crippen molar-refractivity contribution in [1.82, 2.24) is 8.61 Å². The first-order valence-electron chi connectivity index (χ1n) is 6.99. The van der Waals surface area contributed by atoms with Crippen LogP contribution in [-0.2, 0) is 16.8 Å². The summed E-state index contributed by atoms with van der Waals surface area (Å²) in [6, 6.07) is 7.56. The molecule has 0 radical (unpaired) electrons. The first kappa shape index (κ1) is 17.2. The molecule has 0 saturated carbocycles. The van der Waals surface area contributed by atoms with Gasteiger partial charge < -0.3 is 0 Å². The Morgan fingerprint density at radius 1 is 1.38 bits per heavy atom. The van der Waals surface area contributed by atoms with Gasteiger partial charge in [-0.15, -0.1) is 11.6 Å². The number of nitrogens with zero attached hydrogens (tertiary/aromatic N) is 2. The zero-order valence-corrected chi connectivity index (χ0v) is 15.2. The minimum atomic E-state index is -3.48. The van der Waals surface area contributed by atoms with Crippen molar-refractivity contribution in [3.8, 4) is 0 Å². The lowest BCUT2D eigenvalue weighted by atomic mass is 10.1. The molecule has 0 aromatic heterocycles. The van der Waals surface area contributed by atoms with Crippen molar-refractivity contribution < 1.29 is 8.42 Å². The Kier molecular flexibility index (Phi) is 6.08. The number of benzene rings is 1. The standard InChI is InChI=1S/C14H20BrClN2O2S/c1-17(11-12-6-2-3-8-14(12)15)21(19,20)18-9-5-4-7-13(18)10-16/h2-3,6,8,13H,4-5,7,9-11H2,1H3. The van der Waals surface area contributed by atoms with Gasteiger partial charge >= 0.3 is 0 Å². The Labute approximate surface area is 140 Å². The first-order valence-corrected chi connectivity index (χ1v) is 9.71. The van der Waals surface area contributed by atoms with Crippen LogP contribution in [0.25, 0.3) is 0 Å². The summed E-state index contributed by atoms with van der Waals surface area (Å²) in [5.74, 6) is 0.349. The van der Waals surface area contributed by atoms with Crippen LogP contribution in [0.5, 0.6) is 0 Å². The molecule has 21 heavy (non-hydrogen) atoms. The van der Waals surface area contributed by atoms with Gasteiger partial charge in [0.2, 0.25) is 0 Å². The number of alkyl halides is 1. The van der Waals surface area contributed by atoms with Crippen LogP contribution >= 0.6 is 27.5 Å². The van der Waals surface area contributed by atoms with Gasteiger partial charge in [0.15, 0.2) is 0 Å². The second kappa shape index (κ2) is 7.42. The van der Waals surface area contributed by atoms with E-state index >= 15 is 0 Å². The smallest absolute Gasteiger partial charge is 0.195 e. The van der Waals surface area contributed by atoms with E-state index in [0.29, 0.717) is 19.0 Å². The van der Waals surface area contributed by atoms with E-state index < -0.39 is 10.2 Å². The van der Waals surface area contributed by atoms with Gasteiger partial charge in [-0.2, -0.15) is 17.0 Å². The molecule has 2 rings (SSSR count). The molecule has 1 aliphatic heterocycles. The third-order valence-corrected chi connectivity index (χ3v) is 6.91. The summed E-state index contributed by atoms with van der Waals surface area (Å²) in [5, 5.41) is 0. The van der Waals surface area contributed by atoms with Gasteiger partial charge in [-0.05, 0) is 24.5 Å². The number of hydrogen-bond donors (Lipinski definition) is 0. The molecule has 0 bridgehead atoms. The van der Waals surface area contributed by atoms with E-state index in [2.05, 4.69) is 15.9 Å². The lowest BCUT2D eigenvalue weighted by Gasteiger charge is -2.36. The second-order valence-corrected chi connectivity index (χ2v) is 8.42. The largest absolute Gasteiger partial charge is 0.282 e. The molecule has 0 aliphatic carbocycles. The fourth-order valence-corrected chi connectivity index (χ4v) is 4.95. The van der Waals surface area contributed by atoms with Crippen molar-refractivity contribution in [3.63, 3.8) is 0 Å². The van der Waals surface area contributed by atoms with E-state index in [0.717, 1.165) is 29.3 Å². The Bertz CT molecular complexity index is 582. The summed E-state index contributed by atoms with van der Waals surface area (Å²) in [7, 11) is -1.86. The Morgan fingerprint density at radius 3 is 2.76 bits per heavy atom. The molecule has 1 fully saturated rings. The maximum absolute atomic E-state index is 12.7. The number of piperidine rings is 1. The second-order valence-electron chi connectivity index (χ2n) is 5.27. The van der Waals surface area contributed by atoms with E-state index in [-0.39, 0.29) is 6.04 Å². The van der Waals surface area contributed by atoms with Crippen molar-refractivity contribution in [2.75, 3.05) is 19.5 Å². The molecular formula is C14H20BrClN2O2S. The maximum atomic E-state index is 12.7. The van der Waals surface area contributed by atoms with Crippen LogP contribution in [0, 0.1) is 0 Å². The predicted octanol–water partition coefficient (Wildman–Crippen LogP) is 3.22. The minimum absolute atomic E-state index is 0.0907. The molecule has 0 N–H and O–H groups in total. The highest BCUT2D eigenvalue weighted by atomic mass is 79.9. The summed E-state index contributed by atoms with van der Waals surface area (Å²) in [6.07, 6.45) is 2.78. The van der Waals surface area contributed by atoms with Crippen LogP contribution in [0.2, 0.25) is 0 Å². The average Bonchev–Trinajstić information content (AvgIpc) is 2.49. The fraction of sp³-hybridized carbons (Fsp3) is 0.571. The maximum Gasteiger partial charge on any atom is 0.282 e. The van der Waals surface area contributed by atoms with E-state index in [9.17, 15) is 8.42 Å². The Morgan fingerprint density at radius 2 is 2.10 bits per heavy atom. The molecule has 1 heterocycles.